The lowest BCUT2D eigenvalue weighted by molar-refractivity contribution is 0.137. The number of hydrogen-bond donors (Lipinski definition) is 1. The quantitative estimate of drug-likeness (QED) is 0.835. The van der Waals surface area contributed by atoms with Crippen molar-refractivity contribution in [2.75, 3.05) is 40.9 Å². The highest BCUT2D eigenvalue weighted by Gasteiger charge is 2.23. The van der Waals surface area contributed by atoms with Gasteiger partial charge in [0.1, 0.15) is 5.75 Å². The molecule has 1 heterocycles. The summed E-state index contributed by atoms with van der Waals surface area (Å²) < 4.78 is 5.19. The summed E-state index contributed by atoms with van der Waals surface area (Å²) in [4.78, 5) is 4.71. The molecule has 1 saturated heterocycles. The minimum atomic E-state index is 0.0580. The molecule has 0 amide bonds. The van der Waals surface area contributed by atoms with E-state index < -0.39 is 0 Å². The number of likely N-dealkylation sites (tertiary alicyclic amines) is 1. The first-order chi connectivity index (χ1) is 10.2. The van der Waals surface area contributed by atoms with Crippen molar-refractivity contribution in [2.45, 2.75) is 31.3 Å². The molecule has 1 aromatic rings. The Kier molecular flexibility index (Phi) is 6.03. The molecule has 118 valence electrons. The monoisotopic (exact) mass is 292 g/mol. The van der Waals surface area contributed by atoms with Crippen LogP contribution in [0.25, 0.3) is 0 Å². The van der Waals surface area contributed by atoms with Gasteiger partial charge in [-0.2, -0.15) is 0 Å². The maximum absolute atomic E-state index is 9.74. The van der Waals surface area contributed by atoms with Gasteiger partial charge in [-0.15, -0.1) is 0 Å². The zero-order chi connectivity index (χ0) is 15.2. The largest absolute Gasteiger partial charge is 0.497 e. The third-order valence-electron chi connectivity index (χ3n) is 4.69. The number of benzene rings is 1. The molecule has 0 aromatic heterocycles. The third kappa shape index (κ3) is 4.19. The van der Waals surface area contributed by atoms with E-state index in [4.69, 9.17) is 4.74 Å². The van der Waals surface area contributed by atoms with Crippen molar-refractivity contribution in [1.82, 2.24) is 9.80 Å². The van der Waals surface area contributed by atoms with Crippen molar-refractivity contribution in [3.8, 4) is 5.75 Å². The Morgan fingerprint density at radius 1 is 1.38 bits per heavy atom. The fourth-order valence-electron chi connectivity index (χ4n) is 3.18. The highest BCUT2D eigenvalue weighted by atomic mass is 16.5. The fraction of sp³-hybridized carbons (Fsp3) is 0.647. The lowest BCUT2D eigenvalue weighted by Crippen LogP contribution is -2.33. The molecule has 2 unspecified atom stereocenters. The Balaban J connectivity index is 1.92. The number of rotatable bonds is 7. The van der Waals surface area contributed by atoms with Crippen molar-refractivity contribution in [3.05, 3.63) is 29.8 Å². The van der Waals surface area contributed by atoms with E-state index in [1.807, 2.05) is 24.3 Å². The number of likely N-dealkylation sites (N-methyl/N-ethyl adjacent to an activating group) is 1. The van der Waals surface area contributed by atoms with Crippen LogP contribution < -0.4 is 4.74 Å². The van der Waals surface area contributed by atoms with Crippen molar-refractivity contribution < 1.29 is 9.84 Å². The summed E-state index contributed by atoms with van der Waals surface area (Å²) in [7, 11) is 5.98. The second kappa shape index (κ2) is 7.78. The molecule has 1 N–H and O–H groups in total. The van der Waals surface area contributed by atoms with Gasteiger partial charge < -0.3 is 14.7 Å². The number of aliphatic hydroxyl groups is 1. The van der Waals surface area contributed by atoms with Crippen LogP contribution >= 0.6 is 0 Å². The first-order valence-electron chi connectivity index (χ1n) is 7.81. The van der Waals surface area contributed by atoms with E-state index in [0.717, 1.165) is 17.9 Å². The molecule has 1 fully saturated rings. The number of methoxy groups -OCH3 is 1. The number of hydrogen-bond acceptors (Lipinski definition) is 4. The summed E-state index contributed by atoms with van der Waals surface area (Å²) in [5.74, 6) is 0.852. The second-order valence-electron chi connectivity index (χ2n) is 6.02. The van der Waals surface area contributed by atoms with Crippen molar-refractivity contribution in [1.29, 1.82) is 0 Å². The van der Waals surface area contributed by atoms with Crippen LogP contribution in [0, 0.1) is 0 Å². The summed E-state index contributed by atoms with van der Waals surface area (Å²) >= 11 is 0. The third-order valence-corrected chi connectivity index (χ3v) is 4.69. The first kappa shape index (κ1) is 16.3. The van der Waals surface area contributed by atoms with E-state index in [9.17, 15) is 5.11 Å². The predicted octanol–water partition coefficient (Wildman–Crippen LogP) is 2.14. The standard InChI is InChI=1S/C17H28N2O2/c1-18-11-4-5-15(18)10-12-19(2)17(13-20)14-6-8-16(21-3)9-7-14/h6-9,15,17,20H,4-5,10-13H2,1-3H3. The van der Waals surface area contributed by atoms with Crippen LogP contribution in [0.4, 0.5) is 0 Å². The van der Waals surface area contributed by atoms with E-state index in [1.165, 1.54) is 25.8 Å². The predicted molar refractivity (Wildman–Crippen MR) is 85.7 cm³/mol. The van der Waals surface area contributed by atoms with Gasteiger partial charge in [-0.3, -0.25) is 4.90 Å². The van der Waals surface area contributed by atoms with Crippen LogP contribution in [-0.4, -0.2) is 61.8 Å². The zero-order valence-corrected chi connectivity index (χ0v) is 13.5. The molecule has 0 saturated carbocycles. The lowest BCUT2D eigenvalue weighted by Gasteiger charge is -2.29. The molecule has 0 bridgehead atoms. The van der Waals surface area contributed by atoms with Gasteiger partial charge >= 0.3 is 0 Å². The topological polar surface area (TPSA) is 35.9 Å². The van der Waals surface area contributed by atoms with E-state index in [1.54, 1.807) is 7.11 Å². The van der Waals surface area contributed by atoms with Gasteiger partial charge in [0.2, 0.25) is 0 Å². The van der Waals surface area contributed by atoms with Crippen molar-refractivity contribution in [2.24, 2.45) is 0 Å². The second-order valence-corrected chi connectivity index (χ2v) is 6.02. The van der Waals surface area contributed by atoms with Gasteiger partial charge in [0, 0.05) is 12.6 Å². The minimum Gasteiger partial charge on any atom is -0.497 e. The normalized spacial score (nSPS) is 20.9. The zero-order valence-electron chi connectivity index (χ0n) is 13.5. The van der Waals surface area contributed by atoms with Gasteiger partial charge in [-0.05, 0) is 57.6 Å². The lowest BCUT2D eigenvalue weighted by atomic mass is 10.0. The molecule has 0 spiro atoms. The van der Waals surface area contributed by atoms with E-state index >= 15 is 0 Å². The molecule has 4 nitrogen and oxygen atoms in total. The van der Waals surface area contributed by atoms with Crippen LogP contribution in [0.2, 0.25) is 0 Å². The molecule has 0 aliphatic carbocycles. The molecule has 21 heavy (non-hydrogen) atoms. The molecule has 1 aliphatic rings. The van der Waals surface area contributed by atoms with E-state index in [-0.39, 0.29) is 12.6 Å². The molecular weight excluding hydrogens is 264 g/mol. The van der Waals surface area contributed by atoms with Crippen molar-refractivity contribution >= 4 is 0 Å². The van der Waals surface area contributed by atoms with Crippen LogP contribution in [0.3, 0.4) is 0 Å². The molecule has 1 aromatic carbocycles. The van der Waals surface area contributed by atoms with Gasteiger partial charge in [-0.1, -0.05) is 12.1 Å². The Bertz CT molecular complexity index is 421. The summed E-state index contributed by atoms with van der Waals surface area (Å²) in [6.45, 7) is 2.37. The summed E-state index contributed by atoms with van der Waals surface area (Å²) in [5.41, 5.74) is 1.14. The average molecular weight is 292 g/mol. The van der Waals surface area contributed by atoms with Gasteiger partial charge in [-0.25, -0.2) is 0 Å². The molecule has 2 rings (SSSR count). The van der Waals surface area contributed by atoms with Crippen LogP contribution in [0.1, 0.15) is 30.9 Å². The Morgan fingerprint density at radius 3 is 2.62 bits per heavy atom. The van der Waals surface area contributed by atoms with Crippen LogP contribution in [0.15, 0.2) is 24.3 Å². The van der Waals surface area contributed by atoms with Crippen molar-refractivity contribution in [3.63, 3.8) is 0 Å². The smallest absolute Gasteiger partial charge is 0.118 e. The summed E-state index contributed by atoms with van der Waals surface area (Å²) in [5, 5.41) is 9.74. The number of nitrogens with zero attached hydrogens (tertiary/aromatic N) is 2. The molecular formula is C17H28N2O2. The maximum atomic E-state index is 9.74. The molecule has 2 atom stereocenters. The maximum Gasteiger partial charge on any atom is 0.118 e. The van der Waals surface area contributed by atoms with E-state index in [2.05, 4.69) is 23.9 Å². The van der Waals surface area contributed by atoms with Gasteiger partial charge in [0.05, 0.1) is 19.8 Å². The Hall–Kier alpha value is -1.10. The Morgan fingerprint density at radius 2 is 2.10 bits per heavy atom. The SMILES string of the molecule is COc1ccc(C(CO)N(C)CCC2CCCN2C)cc1. The average Bonchev–Trinajstić information content (AvgIpc) is 2.92. The Labute approximate surface area is 128 Å². The number of ether oxygens (including phenoxy) is 1. The fourth-order valence-corrected chi connectivity index (χ4v) is 3.18. The first-order valence-corrected chi connectivity index (χ1v) is 7.81. The van der Waals surface area contributed by atoms with E-state index in [0.29, 0.717) is 6.04 Å². The highest BCUT2D eigenvalue weighted by Crippen LogP contribution is 2.24. The molecule has 0 radical (unpaired) electrons. The van der Waals surface area contributed by atoms with Gasteiger partial charge in [0.15, 0.2) is 0 Å². The summed E-state index contributed by atoms with van der Waals surface area (Å²) in [6, 6.07) is 8.74. The summed E-state index contributed by atoms with van der Waals surface area (Å²) in [6.07, 6.45) is 3.78. The van der Waals surface area contributed by atoms with Crippen LogP contribution in [-0.2, 0) is 0 Å². The molecule has 1 aliphatic heterocycles. The van der Waals surface area contributed by atoms with Gasteiger partial charge in [0.25, 0.3) is 0 Å². The molecule has 4 heteroatoms. The highest BCUT2D eigenvalue weighted by molar-refractivity contribution is 5.29. The number of aliphatic hydroxyl groups excluding tert-OH is 1. The minimum absolute atomic E-state index is 0.0580. The van der Waals surface area contributed by atoms with Crippen LogP contribution in [0.5, 0.6) is 5.75 Å².